The van der Waals surface area contributed by atoms with Gasteiger partial charge in [-0.2, -0.15) is 0 Å². The molecule has 0 spiro atoms. The lowest BCUT2D eigenvalue weighted by atomic mass is 9.78. The number of hydrogen-bond acceptors (Lipinski definition) is 2. The molecule has 18 heavy (non-hydrogen) atoms. The van der Waals surface area contributed by atoms with E-state index >= 15 is 0 Å². The Kier molecular flexibility index (Phi) is 5.48. The highest BCUT2D eigenvalue weighted by Crippen LogP contribution is 2.38. The van der Waals surface area contributed by atoms with Gasteiger partial charge in [0.1, 0.15) is 5.75 Å². The Balaban J connectivity index is 3.10. The van der Waals surface area contributed by atoms with E-state index < -0.39 is 0 Å². The van der Waals surface area contributed by atoms with Crippen molar-refractivity contribution < 1.29 is 4.74 Å². The molecule has 0 fully saturated rings. The standard InChI is InChI=1S/C15H24ClNO/c1-6-15(3,4)14(17-7-2)11-8-9-13(18-5)12(16)10-11/h8-10,14,17H,6-7H2,1-5H3. The second-order valence-electron chi connectivity index (χ2n) is 5.23. The van der Waals surface area contributed by atoms with E-state index in [1.54, 1.807) is 7.11 Å². The van der Waals surface area contributed by atoms with Gasteiger partial charge in [0.2, 0.25) is 0 Å². The number of nitrogens with one attached hydrogen (secondary N) is 1. The summed E-state index contributed by atoms with van der Waals surface area (Å²) in [4.78, 5) is 0. The predicted molar refractivity (Wildman–Crippen MR) is 78.5 cm³/mol. The van der Waals surface area contributed by atoms with Crippen molar-refractivity contribution in [2.75, 3.05) is 13.7 Å². The van der Waals surface area contributed by atoms with Crippen molar-refractivity contribution in [3.8, 4) is 5.75 Å². The van der Waals surface area contributed by atoms with Crippen molar-refractivity contribution in [2.45, 2.75) is 40.2 Å². The zero-order valence-corrected chi connectivity index (χ0v) is 12.8. The van der Waals surface area contributed by atoms with E-state index in [0.29, 0.717) is 11.1 Å². The third-order valence-corrected chi connectivity index (χ3v) is 3.91. The second-order valence-corrected chi connectivity index (χ2v) is 5.63. The maximum Gasteiger partial charge on any atom is 0.137 e. The monoisotopic (exact) mass is 269 g/mol. The minimum atomic E-state index is 0.188. The van der Waals surface area contributed by atoms with Gasteiger partial charge in [0.15, 0.2) is 0 Å². The molecular formula is C15H24ClNO. The van der Waals surface area contributed by atoms with Crippen LogP contribution < -0.4 is 10.1 Å². The minimum absolute atomic E-state index is 0.188. The Morgan fingerprint density at radius 2 is 2.00 bits per heavy atom. The van der Waals surface area contributed by atoms with Crippen LogP contribution in [0.3, 0.4) is 0 Å². The summed E-state index contributed by atoms with van der Waals surface area (Å²) in [5.41, 5.74) is 1.41. The molecule has 0 radical (unpaired) electrons. The molecule has 1 aromatic rings. The maximum absolute atomic E-state index is 6.21. The second kappa shape index (κ2) is 6.44. The third kappa shape index (κ3) is 3.39. The Hall–Kier alpha value is -0.730. The molecule has 1 atom stereocenters. The van der Waals surface area contributed by atoms with Crippen LogP contribution in [0.2, 0.25) is 5.02 Å². The SMILES string of the molecule is CCNC(c1ccc(OC)c(Cl)c1)C(C)(C)CC. The van der Waals surface area contributed by atoms with E-state index in [2.05, 4.69) is 39.1 Å². The normalized spacial score (nSPS) is 13.4. The first-order chi connectivity index (χ1) is 8.46. The van der Waals surface area contributed by atoms with Crippen LogP contribution in [0.1, 0.15) is 45.7 Å². The van der Waals surface area contributed by atoms with E-state index in [4.69, 9.17) is 16.3 Å². The molecule has 1 N–H and O–H groups in total. The summed E-state index contributed by atoms with van der Waals surface area (Å²) in [6, 6.07) is 6.34. The van der Waals surface area contributed by atoms with Crippen molar-refractivity contribution in [1.82, 2.24) is 5.32 Å². The Bertz CT molecular complexity index is 390. The van der Waals surface area contributed by atoms with Crippen LogP contribution in [-0.2, 0) is 0 Å². The molecule has 3 heteroatoms. The van der Waals surface area contributed by atoms with Gasteiger partial charge >= 0.3 is 0 Å². The largest absolute Gasteiger partial charge is 0.495 e. The van der Waals surface area contributed by atoms with Crippen molar-refractivity contribution in [1.29, 1.82) is 0 Å². The van der Waals surface area contributed by atoms with Gasteiger partial charge in [-0.1, -0.05) is 45.4 Å². The zero-order chi connectivity index (χ0) is 13.8. The van der Waals surface area contributed by atoms with Crippen LogP contribution in [0.5, 0.6) is 5.75 Å². The number of hydrogen-bond donors (Lipinski definition) is 1. The lowest BCUT2D eigenvalue weighted by molar-refractivity contribution is 0.237. The van der Waals surface area contributed by atoms with Gasteiger partial charge in [-0.25, -0.2) is 0 Å². The molecule has 0 saturated heterocycles. The molecule has 0 aliphatic carbocycles. The van der Waals surface area contributed by atoms with Gasteiger partial charge in [0.25, 0.3) is 0 Å². The minimum Gasteiger partial charge on any atom is -0.495 e. The number of benzene rings is 1. The fourth-order valence-electron chi connectivity index (χ4n) is 2.12. The number of rotatable bonds is 6. The zero-order valence-electron chi connectivity index (χ0n) is 12.0. The van der Waals surface area contributed by atoms with E-state index in [-0.39, 0.29) is 5.41 Å². The van der Waals surface area contributed by atoms with Crippen LogP contribution in [0.15, 0.2) is 18.2 Å². The average molecular weight is 270 g/mol. The van der Waals surface area contributed by atoms with E-state index in [1.807, 2.05) is 12.1 Å². The summed E-state index contributed by atoms with van der Waals surface area (Å²) in [5, 5.41) is 4.23. The maximum atomic E-state index is 6.21. The molecule has 0 amide bonds. The fourth-order valence-corrected chi connectivity index (χ4v) is 2.38. The number of halogens is 1. The van der Waals surface area contributed by atoms with Crippen LogP contribution in [0.4, 0.5) is 0 Å². The number of methoxy groups -OCH3 is 1. The summed E-state index contributed by atoms with van der Waals surface area (Å²) in [5.74, 6) is 0.727. The van der Waals surface area contributed by atoms with Crippen molar-refractivity contribution >= 4 is 11.6 Å². The number of ether oxygens (including phenoxy) is 1. The Morgan fingerprint density at radius 1 is 1.33 bits per heavy atom. The highest BCUT2D eigenvalue weighted by Gasteiger charge is 2.28. The third-order valence-electron chi connectivity index (χ3n) is 3.61. The van der Waals surface area contributed by atoms with Gasteiger partial charge in [-0.15, -0.1) is 0 Å². The first-order valence-electron chi connectivity index (χ1n) is 6.53. The van der Waals surface area contributed by atoms with Gasteiger partial charge in [0.05, 0.1) is 12.1 Å². The van der Waals surface area contributed by atoms with Gasteiger partial charge in [-0.05, 0) is 36.1 Å². The first kappa shape index (κ1) is 15.3. The lowest BCUT2D eigenvalue weighted by Gasteiger charge is -2.34. The van der Waals surface area contributed by atoms with Crippen LogP contribution >= 0.6 is 11.6 Å². The molecular weight excluding hydrogens is 246 g/mol. The molecule has 0 aliphatic heterocycles. The summed E-state index contributed by atoms with van der Waals surface area (Å²) in [6.45, 7) is 9.84. The van der Waals surface area contributed by atoms with Crippen LogP contribution in [-0.4, -0.2) is 13.7 Å². The van der Waals surface area contributed by atoms with Gasteiger partial charge in [-0.3, -0.25) is 0 Å². The summed E-state index contributed by atoms with van der Waals surface area (Å²) in [7, 11) is 1.64. The molecule has 1 rings (SSSR count). The summed E-state index contributed by atoms with van der Waals surface area (Å²) in [6.07, 6.45) is 1.11. The topological polar surface area (TPSA) is 21.3 Å². The summed E-state index contributed by atoms with van der Waals surface area (Å²) < 4.78 is 5.20. The van der Waals surface area contributed by atoms with Crippen molar-refractivity contribution in [2.24, 2.45) is 5.41 Å². The molecule has 0 bridgehead atoms. The quantitative estimate of drug-likeness (QED) is 0.825. The molecule has 0 heterocycles. The molecule has 2 nitrogen and oxygen atoms in total. The molecule has 102 valence electrons. The average Bonchev–Trinajstić information content (AvgIpc) is 2.35. The van der Waals surface area contributed by atoms with Crippen molar-refractivity contribution in [3.63, 3.8) is 0 Å². The molecule has 0 saturated carbocycles. The van der Waals surface area contributed by atoms with Gasteiger partial charge < -0.3 is 10.1 Å². The molecule has 0 aliphatic rings. The Morgan fingerprint density at radius 3 is 2.44 bits per heavy atom. The lowest BCUT2D eigenvalue weighted by Crippen LogP contribution is -2.33. The Labute approximate surface area is 116 Å². The fraction of sp³-hybridized carbons (Fsp3) is 0.600. The smallest absolute Gasteiger partial charge is 0.137 e. The van der Waals surface area contributed by atoms with Crippen LogP contribution in [0, 0.1) is 5.41 Å². The van der Waals surface area contributed by atoms with E-state index in [1.165, 1.54) is 5.56 Å². The highest BCUT2D eigenvalue weighted by atomic mass is 35.5. The molecule has 0 aromatic heterocycles. The van der Waals surface area contributed by atoms with E-state index in [0.717, 1.165) is 18.7 Å². The summed E-state index contributed by atoms with van der Waals surface area (Å²) >= 11 is 6.21. The highest BCUT2D eigenvalue weighted by molar-refractivity contribution is 6.32. The first-order valence-corrected chi connectivity index (χ1v) is 6.90. The van der Waals surface area contributed by atoms with Crippen LogP contribution in [0.25, 0.3) is 0 Å². The van der Waals surface area contributed by atoms with E-state index in [9.17, 15) is 0 Å². The van der Waals surface area contributed by atoms with Gasteiger partial charge in [0, 0.05) is 6.04 Å². The predicted octanol–water partition coefficient (Wildman–Crippen LogP) is 4.44. The molecule has 1 unspecified atom stereocenters. The molecule has 1 aromatic carbocycles. The van der Waals surface area contributed by atoms with Crippen molar-refractivity contribution in [3.05, 3.63) is 28.8 Å².